The molecule has 5 nitrogen and oxygen atoms in total. The molecule has 0 saturated carbocycles. The number of thiophene rings is 1. The lowest BCUT2D eigenvalue weighted by Crippen LogP contribution is -2.26. The van der Waals surface area contributed by atoms with E-state index in [-0.39, 0.29) is 23.3 Å². The van der Waals surface area contributed by atoms with E-state index in [2.05, 4.69) is 15.2 Å². The van der Waals surface area contributed by atoms with Crippen LogP contribution < -0.4 is 10.6 Å². The first-order chi connectivity index (χ1) is 15.1. The Hall–Kier alpha value is -3.10. The van der Waals surface area contributed by atoms with E-state index in [1.165, 1.54) is 35.2 Å². The van der Waals surface area contributed by atoms with Crippen LogP contribution in [0.25, 0.3) is 10.9 Å². The Bertz CT molecular complexity index is 1200. The second kappa shape index (κ2) is 9.80. The van der Waals surface area contributed by atoms with Gasteiger partial charge >= 0.3 is 0 Å². The van der Waals surface area contributed by atoms with Gasteiger partial charge in [0, 0.05) is 35.1 Å². The maximum atomic E-state index is 13.7. The molecule has 0 aliphatic rings. The molecule has 0 radical (unpaired) electrons. The second-order valence-electron chi connectivity index (χ2n) is 6.75. The Morgan fingerprint density at radius 1 is 1.03 bits per heavy atom. The van der Waals surface area contributed by atoms with Gasteiger partial charge in [-0.1, -0.05) is 36.4 Å². The first kappa shape index (κ1) is 21.1. The number of amides is 2. The van der Waals surface area contributed by atoms with Crippen LogP contribution in [-0.2, 0) is 11.3 Å². The molecule has 4 rings (SSSR count). The van der Waals surface area contributed by atoms with Gasteiger partial charge in [-0.15, -0.1) is 23.1 Å². The van der Waals surface area contributed by atoms with Gasteiger partial charge in [0.05, 0.1) is 16.3 Å². The summed E-state index contributed by atoms with van der Waals surface area (Å²) in [4.78, 5) is 26.1. The van der Waals surface area contributed by atoms with Gasteiger partial charge in [-0.05, 0) is 29.6 Å². The van der Waals surface area contributed by atoms with E-state index in [9.17, 15) is 14.0 Å². The summed E-state index contributed by atoms with van der Waals surface area (Å²) in [5.74, 6) is -0.639. The highest BCUT2D eigenvalue weighted by Crippen LogP contribution is 2.30. The minimum absolute atomic E-state index is 0.0779. The van der Waals surface area contributed by atoms with Crippen LogP contribution in [0.5, 0.6) is 0 Å². The number of thioether (sulfide) groups is 1. The zero-order chi connectivity index (χ0) is 21.6. The maximum absolute atomic E-state index is 13.7. The molecule has 2 aromatic heterocycles. The summed E-state index contributed by atoms with van der Waals surface area (Å²) < 4.78 is 15.8. The topological polar surface area (TPSA) is 63.1 Å². The van der Waals surface area contributed by atoms with Crippen molar-refractivity contribution in [1.29, 1.82) is 0 Å². The molecule has 2 N–H and O–H groups in total. The largest absolute Gasteiger partial charge is 0.350 e. The van der Waals surface area contributed by atoms with E-state index < -0.39 is 5.82 Å². The number of carbonyl (C=O) groups is 2. The number of hydrogen-bond donors (Lipinski definition) is 2. The van der Waals surface area contributed by atoms with E-state index in [1.807, 2.05) is 41.9 Å². The Balaban J connectivity index is 1.39. The second-order valence-corrected chi connectivity index (χ2v) is 8.72. The van der Waals surface area contributed by atoms with E-state index in [0.29, 0.717) is 18.0 Å². The Morgan fingerprint density at radius 2 is 1.84 bits per heavy atom. The van der Waals surface area contributed by atoms with Gasteiger partial charge in [0.25, 0.3) is 5.91 Å². The van der Waals surface area contributed by atoms with Crippen molar-refractivity contribution in [2.45, 2.75) is 11.4 Å². The summed E-state index contributed by atoms with van der Waals surface area (Å²) in [6.45, 7) is 1.10. The molecule has 0 spiro atoms. The van der Waals surface area contributed by atoms with Crippen LogP contribution in [0.1, 0.15) is 9.67 Å². The molecule has 8 heteroatoms. The van der Waals surface area contributed by atoms with Gasteiger partial charge in [-0.2, -0.15) is 0 Å². The highest BCUT2D eigenvalue weighted by Gasteiger charge is 2.12. The first-order valence-electron chi connectivity index (χ1n) is 9.68. The molecule has 31 heavy (non-hydrogen) atoms. The molecule has 0 fully saturated rings. The average Bonchev–Trinajstić information content (AvgIpc) is 3.43. The van der Waals surface area contributed by atoms with E-state index in [1.54, 1.807) is 18.2 Å². The Labute approximate surface area is 187 Å². The van der Waals surface area contributed by atoms with Crippen molar-refractivity contribution in [2.24, 2.45) is 0 Å². The zero-order valence-corrected chi connectivity index (χ0v) is 18.1. The lowest BCUT2D eigenvalue weighted by Gasteiger charge is -2.06. The Morgan fingerprint density at radius 3 is 2.65 bits per heavy atom. The number of fused-ring (bicyclic) bond motifs is 1. The van der Waals surface area contributed by atoms with Crippen molar-refractivity contribution in [3.05, 3.63) is 82.9 Å². The fourth-order valence-electron chi connectivity index (χ4n) is 3.19. The third-order valence-electron chi connectivity index (χ3n) is 4.64. The molecule has 158 valence electrons. The van der Waals surface area contributed by atoms with E-state index in [0.717, 1.165) is 15.8 Å². The van der Waals surface area contributed by atoms with Gasteiger partial charge in [0.15, 0.2) is 0 Å². The lowest BCUT2D eigenvalue weighted by molar-refractivity contribution is -0.113. The summed E-state index contributed by atoms with van der Waals surface area (Å²) in [5, 5.41) is 8.45. The number of benzene rings is 2. The van der Waals surface area contributed by atoms with Crippen LogP contribution in [0.3, 0.4) is 0 Å². The number of aromatic nitrogens is 1. The highest BCUT2D eigenvalue weighted by atomic mass is 32.2. The number of hydrogen-bond acceptors (Lipinski definition) is 4. The third kappa shape index (κ3) is 5.15. The SMILES string of the molecule is O=C(CSc1cn(CCNC(=O)c2cccs2)c2ccccc12)Nc1ccccc1F. The molecule has 0 bridgehead atoms. The molecule has 4 aromatic rings. The minimum Gasteiger partial charge on any atom is -0.350 e. The number of para-hydroxylation sites is 2. The fourth-order valence-corrected chi connectivity index (χ4v) is 4.72. The van der Waals surface area contributed by atoms with Crippen molar-refractivity contribution in [3.8, 4) is 0 Å². The van der Waals surface area contributed by atoms with E-state index >= 15 is 0 Å². The molecule has 2 heterocycles. The zero-order valence-electron chi connectivity index (χ0n) is 16.5. The average molecular weight is 454 g/mol. The summed E-state index contributed by atoms with van der Waals surface area (Å²) in [7, 11) is 0. The number of nitrogens with one attached hydrogen (secondary N) is 2. The molecule has 0 saturated heterocycles. The third-order valence-corrected chi connectivity index (χ3v) is 6.55. The van der Waals surface area contributed by atoms with Crippen LogP contribution in [0, 0.1) is 5.82 Å². The summed E-state index contributed by atoms with van der Waals surface area (Å²) in [6, 6.07) is 17.7. The summed E-state index contributed by atoms with van der Waals surface area (Å²) in [6.07, 6.45) is 1.99. The smallest absolute Gasteiger partial charge is 0.261 e. The van der Waals surface area contributed by atoms with Gasteiger partial charge in [0.1, 0.15) is 5.82 Å². The predicted octanol–water partition coefficient (Wildman–Crippen LogP) is 5.00. The number of rotatable bonds is 8. The van der Waals surface area contributed by atoms with Crippen LogP contribution in [-0.4, -0.2) is 28.7 Å². The van der Waals surface area contributed by atoms with Crippen molar-refractivity contribution in [3.63, 3.8) is 0 Å². The van der Waals surface area contributed by atoms with Crippen molar-refractivity contribution >= 4 is 51.5 Å². The number of nitrogens with zero attached hydrogens (tertiary/aromatic N) is 1. The van der Waals surface area contributed by atoms with Gasteiger partial charge in [-0.25, -0.2) is 4.39 Å². The fraction of sp³-hybridized carbons (Fsp3) is 0.130. The maximum Gasteiger partial charge on any atom is 0.261 e. The van der Waals surface area contributed by atoms with Crippen molar-refractivity contribution < 1.29 is 14.0 Å². The molecule has 0 unspecified atom stereocenters. The van der Waals surface area contributed by atoms with Crippen LogP contribution >= 0.6 is 23.1 Å². The highest BCUT2D eigenvalue weighted by molar-refractivity contribution is 8.00. The summed E-state index contributed by atoms with van der Waals surface area (Å²) >= 11 is 2.81. The van der Waals surface area contributed by atoms with Gasteiger partial charge in [0.2, 0.25) is 5.91 Å². The number of halogens is 1. The molecule has 0 atom stereocenters. The van der Waals surface area contributed by atoms with E-state index in [4.69, 9.17) is 0 Å². The Kier molecular flexibility index (Phi) is 6.69. The molecule has 0 aliphatic carbocycles. The van der Waals surface area contributed by atoms with Crippen LogP contribution in [0.4, 0.5) is 10.1 Å². The quantitative estimate of drug-likeness (QED) is 0.369. The minimum atomic E-state index is -0.456. The molecular weight excluding hydrogens is 433 g/mol. The molecular formula is C23H20FN3O2S2. The number of carbonyl (C=O) groups excluding carboxylic acids is 2. The normalized spacial score (nSPS) is 10.9. The molecule has 0 aliphatic heterocycles. The van der Waals surface area contributed by atoms with Gasteiger partial charge in [-0.3, -0.25) is 9.59 Å². The van der Waals surface area contributed by atoms with Gasteiger partial charge < -0.3 is 15.2 Å². The van der Waals surface area contributed by atoms with Crippen molar-refractivity contribution in [1.82, 2.24) is 9.88 Å². The summed E-state index contributed by atoms with van der Waals surface area (Å²) in [5.41, 5.74) is 1.21. The number of anilines is 1. The van der Waals surface area contributed by atoms with Crippen LogP contribution in [0.15, 0.2) is 77.1 Å². The lowest BCUT2D eigenvalue weighted by atomic mass is 10.2. The first-order valence-corrected chi connectivity index (χ1v) is 11.5. The van der Waals surface area contributed by atoms with Crippen LogP contribution in [0.2, 0.25) is 0 Å². The molecule has 2 aromatic carbocycles. The standard InChI is InChI=1S/C23H20FN3O2S2/c24-17-7-2-3-8-18(17)26-22(28)15-31-21-14-27(19-9-4-1-6-16(19)21)12-11-25-23(29)20-10-5-13-30-20/h1-10,13-14H,11-12,15H2,(H,25,29)(H,26,28). The van der Waals surface area contributed by atoms with Crippen molar-refractivity contribution in [2.75, 3.05) is 17.6 Å². The predicted molar refractivity (Wildman–Crippen MR) is 124 cm³/mol. The monoisotopic (exact) mass is 453 g/mol. The molecule has 2 amide bonds.